The number of aromatic nitrogens is 3. The van der Waals surface area contributed by atoms with Crippen LogP contribution in [0.4, 0.5) is 0 Å². The first-order valence-corrected chi connectivity index (χ1v) is 10.8. The van der Waals surface area contributed by atoms with E-state index >= 15 is 0 Å². The fraction of sp³-hybridized carbons (Fsp3) is 0.375. The van der Waals surface area contributed by atoms with E-state index in [0.717, 1.165) is 29.4 Å². The molecule has 0 aliphatic heterocycles. The summed E-state index contributed by atoms with van der Waals surface area (Å²) < 4.78 is 7.15. The van der Waals surface area contributed by atoms with E-state index in [1.165, 1.54) is 5.56 Å². The number of aryl methyl sites for hydroxylation is 1. The molecule has 0 bridgehead atoms. The molecular weight excluding hydrogens is 404 g/mol. The Morgan fingerprint density at radius 1 is 1.09 bits per heavy atom. The van der Waals surface area contributed by atoms with E-state index in [9.17, 15) is 5.11 Å². The summed E-state index contributed by atoms with van der Waals surface area (Å²) in [6, 6.07) is 18.0. The third-order valence-corrected chi connectivity index (χ3v) is 5.43. The van der Waals surface area contributed by atoms with Gasteiger partial charge in [0, 0.05) is 26.1 Å². The summed E-state index contributed by atoms with van der Waals surface area (Å²) in [5, 5.41) is 24.9. The van der Waals surface area contributed by atoms with Crippen LogP contribution >= 0.6 is 0 Å². The number of nitrogens with zero attached hydrogens (tertiary/aromatic N) is 4. The Bertz CT molecular complexity index is 985. The molecule has 0 fully saturated rings. The summed E-state index contributed by atoms with van der Waals surface area (Å²) in [5.41, 5.74) is 2.29. The van der Waals surface area contributed by atoms with Crippen LogP contribution in [0.1, 0.15) is 28.7 Å². The quantitative estimate of drug-likeness (QED) is 0.333. The van der Waals surface area contributed by atoms with Crippen molar-refractivity contribution in [3.63, 3.8) is 0 Å². The normalized spacial score (nSPS) is 12.4. The second-order valence-corrected chi connectivity index (χ2v) is 7.58. The van der Waals surface area contributed by atoms with Crippen LogP contribution < -0.4 is 15.4 Å². The van der Waals surface area contributed by atoms with Gasteiger partial charge in [0.25, 0.3) is 0 Å². The third kappa shape index (κ3) is 6.55. The largest absolute Gasteiger partial charge is 0.497 e. The predicted octanol–water partition coefficient (Wildman–Crippen LogP) is 2.19. The number of methoxy groups -OCH3 is 1. The maximum Gasteiger partial charge on any atom is 0.191 e. The highest BCUT2D eigenvalue weighted by Crippen LogP contribution is 2.14. The van der Waals surface area contributed by atoms with Crippen molar-refractivity contribution in [3.8, 4) is 5.75 Å². The number of aliphatic hydroxyl groups excluding tert-OH is 1. The highest BCUT2D eigenvalue weighted by Gasteiger charge is 2.12. The summed E-state index contributed by atoms with van der Waals surface area (Å²) in [5.74, 6) is 3.14. The number of aliphatic hydroxyl groups is 1. The molecule has 2 aromatic carbocycles. The lowest BCUT2D eigenvalue weighted by molar-refractivity contribution is 0.265. The number of guanidine groups is 1. The molecule has 0 amide bonds. The highest BCUT2D eigenvalue weighted by molar-refractivity contribution is 5.79. The first kappa shape index (κ1) is 23.3. The van der Waals surface area contributed by atoms with Crippen molar-refractivity contribution in [3.05, 3.63) is 77.4 Å². The van der Waals surface area contributed by atoms with E-state index in [2.05, 4.69) is 33.0 Å². The average molecular weight is 437 g/mol. The lowest BCUT2D eigenvalue weighted by Gasteiger charge is -2.18. The summed E-state index contributed by atoms with van der Waals surface area (Å²) in [4.78, 5) is 4.70. The van der Waals surface area contributed by atoms with Crippen molar-refractivity contribution in [1.29, 1.82) is 0 Å². The molecule has 3 N–H and O–H groups in total. The van der Waals surface area contributed by atoms with Crippen LogP contribution in [0.3, 0.4) is 0 Å². The van der Waals surface area contributed by atoms with E-state index in [-0.39, 0.29) is 12.5 Å². The molecular formula is C24H32N6O2. The van der Waals surface area contributed by atoms with Crippen molar-refractivity contribution in [2.24, 2.45) is 12.0 Å². The van der Waals surface area contributed by atoms with E-state index in [1.54, 1.807) is 7.11 Å². The van der Waals surface area contributed by atoms with Crippen LogP contribution in [0.2, 0.25) is 0 Å². The number of hydrogen-bond acceptors (Lipinski definition) is 5. The lowest BCUT2D eigenvalue weighted by atomic mass is 10.0. The molecule has 3 rings (SSSR count). The number of hydrogen-bond donors (Lipinski definition) is 3. The molecule has 32 heavy (non-hydrogen) atoms. The maximum absolute atomic E-state index is 9.87. The van der Waals surface area contributed by atoms with Gasteiger partial charge in [-0.1, -0.05) is 42.5 Å². The van der Waals surface area contributed by atoms with Gasteiger partial charge in [0.15, 0.2) is 11.8 Å². The van der Waals surface area contributed by atoms with Gasteiger partial charge < -0.3 is 25.0 Å². The minimum absolute atomic E-state index is 0.0261. The van der Waals surface area contributed by atoms with Crippen LogP contribution in [0, 0.1) is 6.92 Å². The van der Waals surface area contributed by atoms with Gasteiger partial charge in [0.2, 0.25) is 0 Å². The van der Waals surface area contributed by atoms with Crippen molar-refractivity contribution in [2.45, 2.75) is 25.8 Å². The Morgan fingerprint density at radius 3 is 2.47 bits per heavy atom. The molecule has 0 saturated heterocycles. The third-order valence-electron chi connectivity index (χ3n) is 5.43. The van der Waals surface area contributed by atoms with E-state index in [0.29, 0.717) is 25.6 Å². The van der Waals surface area contributed by atoms with Crippen LogP contribution in [0.5, 0.6) is 5.75 Å². The zero-order valence-corrected chi connectivity index (χ0v) is 19.0. The van der Waals surface area contributed by atoms with Gasteiger partial charge in [0.1, 0.15) is 18.1 Å². The molecule has 170 valence electrons. The van der Waals surface area contributed by atoms with Crippen LogP contribution in [0.25, 0.3) is 0 Å². The molecule has 1 heterocycles. The van der Waals surface area contributed by atoms with E-state index in [4.69, 9.17) is 9.73 Å². The van der Waals surface area contributed by atoms with E-state index in [1.807, 2.05) is 61.0 Å². The van der Waals surface area contributed by atoms with Gasteiger partial charge in [-0.25, -0.2) is 4.99 Å². The minimum Gasteiger partial charge on any atom is -0.497 e. The fourth-order valence-electron chi connectivity index (χ4n) is 3.26. The van der Waals surface area contributed by atoms with Crippen molar-refractivity contribution >= 4 is 5.96 Å². The van der Waals surface area contributed by atoms with Gasteiger partial charge in [-0.2, -0.15) is 0 Å². The molecule has 1 atom stereocenters. The molecule has 1 aromatic heterocycles. The standard InChI is InChI=1S/C24H32N6O2/c1-18-28-29-23(30(18)2)16-27-24(25-14-13-19-9-11-22(32-3)12-10-19)26-15-21(17-31)20-7-5-4-6-8-20/h4-12,21,31H,13-17H2,1-3H3,(H2,25,26,27). The summed E-state index contributed by atoms with van der Waals surface area (Å²) in [6.07, 6.45) is 0.843. The number of benzene rings is 2. The summed E-state index contributed by atoms with van der Waals surface area (Å²) >= 11 is 0. The maximum atomic E-state index is 9.87. The minimum atomic E-state index is -0.0261. The molecule has 8 heteroatoms. The van der Waals surface area contributed by atoms with Crippen molar-refractivity contribution < 1.29 is 9.84 Å². The van der Waals surface area contributed by atoms with Crippen molar-refractivity contribution in [2.75, 3.05) is 26.8 Å². The van der Waals surface area contributed by atoms with Crippen LogP contribution in [-0.4, -0.2) is 52.6 Å². The zero-order valence-electron chi connectivity index (χ0n) is 19.0. The smallest absolute Gasteiger partial charge is 0.191 e. The average Bonchev–Trinajstić information content (AvgIpc) is 3.15. The highest BCUT2D eigenvalue weighted by atomic mass is 16.5. The summed E-state index contributed by atoms with van der Waals surface area (Å²) in [6.45, 7) is 3.65. The zero-order chi connectivity index (χ0) is 22.8. The molecule has 3 aromatic rings. The van der Waals surface area contributed by atoms with E-state index < -0.39 is 0 Å². The first-order valence-electron chi connectivity index (χ1n) is 10.8. The number of nitrogens with one attached hydrogen (secondary N) is 2. The Morgan fingerprint density at radius 2 is 1.84 bits per heavy atom. The predicted molar refractivity (Wildman–Crippen MR) is 126 cm³/mol. The van der Waals surface area contributed by atoms with Crippen molar-refractivity contribution in [1.82, 2.24) is 25.4 Å². The lowest BCUT2D eigenvalue weighted by Crippen LogP contribution is -2.41. The molecule has 0 spiro atoms. The topological polar surface area (TPSA) is 96.6 Å². The summed E-state index contributed by atoms with van der Waals surface area (Å²) in [7, 11) is 3.60. The number of aliphatic imine (C=N–C) groups is 1. The first-order chi connectivity index (χ1) is 15.6. The number of ether oxygens (including phenoxy) is 1. The molecule has 0 aliphatic carbocycles. The van der Waals surface area contributed by atoms with Crippen LogP contribution in [0.15, 0.2) is 59.6 Å². The Labute approximate surface area is 189 Å². The molecule has 1 unspecified atom stereocenters. The Hall–Kier alpha value is -3.39. The van der Waals surface area contributed by atoms with Gasteiger partial charge in [-0.3, -0.25) is 0 Å². The van der Waals surface area contributed by atoms with Gasteiger partial charge in [0.05, 0.1) is 13.7 Å². The second-order valence-electron chi connectivity index (χ2n) is 7.58. The van der Waals surface area contributed by atoms with Gasteiger partial charge in [-0.05, 0) is 36.6 Å². The van der Waals surface area contributed by atoms with Crippen LogP contribution in [-0.2, 0) is 20.0 Å². The molecule has 0 radical (unpaired) electrons. The monoisotopic (exact) mass is 436 g/mol. The Kier molecular flexibility index (Phi) is 8.62. The molecule has 0 aliphatic rings. The Balaban J connectivity index is 1.64. The molecule has 8 nitrogen and oxygen atoms in total. The molecule has 0 saturated carbocycles. The van der Waals surface area contributed by atoms with Gasteiger partial charge in [-0.15, -0.1) is 10.2 Å². The fourth-order valence-corrected chi connectivity index (χ4v) is 3.26. The SMILES string of the molecule is COc1ccc(CCNC(=NCc2nnc(C)n2C)NCC(CO)c2ccccc2)cc1. The van der Waals surface area contributed by atoms with Gasteiger partial charge >= 0.3 is 0 Å². The second kappa shape index (κ2) is 11.9. The number of rotatable bonds is 10.